The lowest BCUT2D eigenvalue weighted by molar-refractivity contribution is -0.126. The van der Waals surface area contributed by atoms with E-state index >= 15 is 0 Å². The van der Waals surface area contributed by atoms with Crippen LogP contribution >= 0.6 is 11.6 Å². The smallest absolute Gasteiger partial charge is 0.223 e. The molecule has 0 aliphatic carbocycles. The van der Waals surface area contributed by atoms with E-state index in [-0.39, 0.29) is 17.9 Å². The van der Waals surface area contributed by atoms with Gasteiger partial charge in [0, 0.05) is 17.8 Å². The van der Waals surface area contributed by atoms with Gasteiger partial charge in [0.15, 0.2) is 0 Å². The summed E-state index contributed by atoms with van der Waals surface area (Å²) in [5.41, 5.74) is 0. The van der Waals surface area contributed by atoms with Crippen LogP contribution in [0, 0.1) is 11.8 Å². The highest BCUT2D eigenvalue weighted by Gasteiger charge is 2.18. The van der Waals surface area contributed by atoms with Gasteiger partial charge in [0.05, 0.1) is 0 Å². The molecule has 0 aromatic rings. The van der Waals surface area contributed by atoms with Crippen LogP contribution in [0.2, 0.25) is 0 Å². The molecule has 0 aliphatic rings. The molecule has 0 aromatic heterocycles. The van der Waals surface area contributed by atoms with Crippen LogP contribution in [-0.2, 0) is 4.79 Å². The monoisotopic (exact) mass is 219 g/mol. The number of hydrogen-bond donors (Lipinski definition) is 1. The summed E-state index contributed by atoms with van der Waals surface area (Å²) in [6, 6.07) is 0.167. The topological polar surface area (TPSA) is 29.1 Å². The Labute approximate surface area is 92.4 Å². The fourth-order valence-corrected chi connectivity index (χ4v) is 1.54. The third-order valence-electron chi connectivity index (χ3n) is 2.82. The molecule has 3 heteroatoms. The average Bonchev–Trinajstić information content (AvgIpc) is 2.18. The van der Waals surface area contributed by atoms with Gasteiger partial charge in [0.1, 0.15) is 0 Å². The number of amides is 1. The largest absolute Gasteiger partial charge is 0.353 e. The van der Waals surface area contributed by atoms with Crippen molar-refractivity contribution in [3.8, 4) is 0 Å². The van der Waals surface area contributed by atoms with E-state index in [4.69, 9.17) is 11.6 Å². The number of carbonyl (C=O) groups is 1. The number of halogens is 1. The fraction of sp³-hybridized carbons (Fsp3) is 0.909. The lowest BCUT2D eigenvalue weighted by atomic mass is 10.0. The minimum atomic E-state index is 0.153. The predicted molar refractivity (Wildman–Crippen MR) is 61.6 cm³/mol. The van der Waals surface area contributed by atoms with Gasteiger partial charge in [-0.15, -0.1) is 11.6 Å². The van der Waals surface area contributed by atoms with Crippen LogP contribution in [0.3, 0.4) is 0 Å². The first-order chi connectivity index (χ1) is 6.56. The molecular formula is C11H22ClNO. The fourth-order valence-electron chi connectivity index (χ4n) is 1.28. The Bertz CT molecular complexity index is 169. The maximum Gasteiger partial charge on any atom is 0.223 e. The zero-order valence-electron chi connectivity index (χ0n) is 9.64. The number of hydrogen-bond acceptors (Lipinski definition) is 1. The number of carbonyl (C=O) groups excluding carboxylic acids is 1. The predicted octanol–water partition coefficient (Wildman–Crippen LogP) is 2.80. The molecule has 0 heterocycles. The molecule has 2 unspecified atom stereocenters. The maximum absolute atomic E-state index is 11.7. The second kappa shape index (κ2) is 7.10. The Balaban J connectivity index is 4.03. The quantitative estimate of drug-likeness (QED) is 0.684. The minimum absolute atomic E-state index is 0.153. The Kier molecular flexibility index (Phi) is 6.98. The molecule has 0 radical (unpaired) electrons. The van der Waals surface area contributed by atoms with Crippen LogP contribution in [0.15, 0.2) is 0 Å². The van der Waals surface area contributed by atoms with Crippen LogP contribution < -0.4 is 5.32 Å². The molecule has 0 aliphatic heterocycles. The molecule has 2 nitrogen and oxygen atoms in total. The zero-order chi connectivity index (χ0) is 11.1. The van der Waals surface area contributed by atoms with Crippen LogP contribution in [0.5, 0.6) is 0 Å². The SMILES string of the molecule is CCC(CC)C(=O)NC(C)C(C)CCl. The van der Waals surface area contributed by atoms with E-state index in [9.17, 15) is 4.79 Å². The van der Waals surface area contributed by atoms with Crippen molar-refractivity contribution in [1.82, 2.24) is 5.32 Å². The molecule has 0 saturated carbocycles. The lowest BCUT2D eigenvalue weighted by Crippen LogP contribution is -2.40. The third-order valence-corrected chi connectivity index (χ3v) is 3.31. The van der Waals surface area contributed by atoms with Crippen molar-refractivity contribution >= 4 is 17.5 Å². The molecule has 0 aromatic carbocycles. The summed E-state index contributed by atoms with van der Waals surface area (Å²) in [7, 11) is 0. The molecule has 84 valence electrons. The van der Waals surface area contributed by atoms with E-state index in [2.05, 4.69) is 5.32 Å². The second-order valence-corrected chi connectivity index (χ2v) is 4.25. The summed E-state index contributed by atoms with van der Waals surface area (Å²) in [4.78, 5) is 11.7. The Morgan fingerprint density at radius 2 is 1.79 bits per heavy atom. The standard InChI is InChI=1S/C11H22ClNO/c1-5-10(6-2)11(14)13-9(4)8(3)7-12/h8-10H,5-7H2,1-4H3,(H,13,14). The highest BCUT2D eigenvalue weighted by molar-refractivity contribution is 6.18. The first-order valence-corrected chi connectivity index (χ1v) is 5.96. The van der Waals surface area contributed by atoms with Crippen molar-refractivity contribution < 1.29 is 4.79 Å². The maximum atomic E-state index is 11.7. The lowest BCUT2D eigenvalue weighted by Gasteiger charge is -2.22. The summed E-state index contributed by atoms with van der Waals surface area (Å²) in [6.07, 6.45) is 1.81. The van der Waals surface area contributed by atoms with Gasteiger partial charge < -0.3 is 5.32 Å². The highest BCUT2D eigenvalue weighted by Crippen LogP contribution is 2.10. The van der Waals surface area contributed by atoms with Crippen molar-refractivity contribution in [3.63, 3.8) is 0 Å². The van der Waals surface area contributed by atoms with Gasteiger partial charge in [-0.25, -0.2) is 0 Å². The molecule has 2 atom stereocenters. The van der Waals surface area contributed by atoms with Gasteiger partial charge >= 0.3 is 0 Å². The van der Waals surface area contributed by atoms with Crippen molar-refractivity contribution in [2.75, 3.05) is 5.88 Å². The van der Waals surface area contributed by atoms with Crippen molar-refractivity contribution in [2.45, 2.75) is 46.6 Å². The Morgan fingerprint density at radius 1 is 1.29 bits per heavy atom. The van der Waals surface area contributed by atoms with Crippen LogP contribution in [0.4, 0.5) is 0 Å². The van der Waals surface area contributed by atoms with E-state index in [1.54, 1.807) is 0 Å². The summed E-state index contributed by atoms with van der Waals surface area (Å²) in [6.45, 7) is 8.14. The molecule has 0 fully saturated rings. The average molecular weight is 220 g/mol. The first kappa shape index (κ1) is 13.8. The normalized spacial score (nSPS) is 15.3. The molecule has 0 bridgehead atoms. The van der Waals surface area contributed by atoms with Gasteiger partial charge in [-0.2, -0.15) is 0 Å². The number of rotatable bonds is 6. The van der Waals surface area contributed by atoms with Crippen molar-refractivity contribution in [1.29, 1.82) is 0 Å². The van der Waals surface area contributed by atoms with E-state index in [0.29, 0.717) is 11.8 Å². The minimum Gasteiger partial charge on any atom is -0.353 e. The van der Waals surface area contributed by atoms with Crippen molar-refractivity contribution in [3.05, 3.63) is 0 Å². The number of alkyl halides is 1. The molecule has 1 amide bonds. The van der Waals surface area contributed by atoms with E-state index in [0.717, 1.165) is 12.8 Å². The van der Waals surface area contributed by atoms with E-state index in [1.807, 2.05) is 27.7 Å². The van der Waals surface area contributed by atoms with E-state index in [1.165, 1.54) is 0 Å². The van der Waals surface area contributed by atoms with E-state index < -0.39 is 0 Å². The summed E-state index contributed by atoms with van der Waals surface area (Å²) >= 11 is 5.73. The molecule has 14 heavy (non-hydrogen) atoms. The first-order valence-electron chi connectivity index (χ1n) is 5.43. The summed E-state index contributed by atoms with van der Waals surface area (Å²) in [5.74, 6) is 1.24. The zero-order valence-corrected chi connectivity index (χ0v) is 10.4. The number of nitrogens with one attached hydrogen (secondary N) is 1. The molecular weight excluding hydrogens is 198 g/mol. The van der Waals surface area contributed by atoms with Crippen LogP contribution in [0.25, 0.3) is 0 Å². The molecule has 0 saturated heterocycles. The van der Waals surface area contributed by atoms with Gasteiger partial charge in [-0.3, -0.25) is 4.79 Å². The summed E-state index contributed by atoms with van der Waals surface area (Å²) in [5, 5.41) is 3.01. The van der Waals surface area contributed by atoms with Crippen LogP contribution in [0.1, 0.15) is 40.5 Å². The molecule has 0 rings (SSSR count). The molecule has 1 N–H and O–H groups in total. The van der Waals surface area contributed by atoms with Crippen LogP contribution in [-0.4, -0.2) is 17.8 Å². The van der Waals surface area contributed by atoms with Gasteiger partial charge in [0.25, 0.3) is 0 Å². The van der Waals surface area contributed by atoms with Gasteiger partial charge in [-0.1, -0.05) is 20.8 Å². The highest BCUT2D eigenvalue weighted by atomic mass is 35.5. The Hall–Kier alpha value is -0.240. The molecule has 0 spiro atoms. The Morgan fingerprint density at radius 3 is 2.14 bits per heavy atom. The second-order valence-electron chi connectivity index (χ2n) is 3.94. The summed E-state index contributed by atoms with van der Waals surface area (Å²) < 4.78 is 0. The third kappa shape index (κ3) is 4.32. The van der Waals surface area contributed by atoms with Gasteiger partial charge in [-0.05, 0) is 25.7 Å². The van der Waals surface area contributed by atoms with Crippen molar-refractivity contribution in [2.24, 2.45) is 11.8 Å². The van der Waals surface area contributed by atoms with Gasteiger partial charge in [0.2, 0.25) is 5.91 Å².